The van der Waals surface area contributed by atoms with E-state index in [1.54, 1.807) is 0 Å². The Morgan fingerprint density at radius 2 is 1.47 bits per heavy atom. The maximum Gasteiger partial charge on any atom is 0.0846 e. The Labute approximate surface area is 124 Å². The summed E-state index contributed by atoms with van der Waals surface area (Å²) in [5.74, 6) is 0. The van der Waals surface area contributed by atoms with Gasteiger partial charge < -0.3 is 0 Å². The summed E-state index contributed by atoms with van der Waals surface area (Å²) in [6, 6.07) is 13.1. The first-order valence-corrected chi connectivity index (χ1v) is 6.91. The topological polar surface area (TPSA) is 0 Å². The monoisotopic (exact) mass is 348 g/mol. The van der Waals surface area contributed by atoms with Crippen LogP contribution in [0.5, 0.6) is 0 Å². The fourth-order valence-electron chi connectivity index (χ4n) is 1.52. The fraction of sp³-hybridized carbons (Fsp3) is 0.0769. The first-order valence-electron chi connectivity index (χ1n) is 4.92. The zero-order valence-corrected chi connectivity index (χ0v) is 12.5. The van der Waals surface area contributed by atoms with Crippen molar-refractivity contribution in [2.75, 3.05) is 0 Å². The summed E-state index contributed by atoms with van der Waals surface area (Å²) < 4.78 is 0.903. The van der Waals surface area contributed by atoms with Crippen LogP contribution in [0.2, 0.25) is 10.0 Å². The summed E-state index contributed by atoms with van der Waals surface area (Å²) in [6.45, 7) is 0. The maximum absolute atomic E-state index is 6.43. The van der Waals surface area contributed by atoms with Crippen molar-refractivity contribution >= 4 is 50.7 Å². The third-order valence-corrected chi connectivity index (χ3v) is 4.06. The van der Waals surface area contributed by atoms with Gasteiger partial charge in [-0.2, -0.15) is 0 Å². The third kappa shape index (κ3) is 3.17. The molecule has 4 heteroatoms. The lowest BCUT2D eigenvalue weighted by Gasteiger charge is -2.12. The molecule has 0 nitrogen and oxygen atoms in total. The van der Waals surface area contributed by atoms with Crippen molar-refractivity contribution < 1.29 is 0 Å². The SMILES string of the molecule is Clc1ccc(C(Cl)c2ccc(Cl)cc2Br)cc1. The van der Waals surface area contributed by atoms with Crippen LogP contribution < -0.4 is 0 Å². The van der Waals surface area contributed by atoms with E-state index >= 15 is 0 Å². The van der Waals surface area contributed by atoms with Crippen LogP contribution >= 0.6 is 50.7 Å². The quantitative estimate of drug-likeness (QED) is 0.575. The predicted molar refractivity (Wildman–Crippen MR) is 78.3 cm³/mol. The molecule has 88 valence electrons. The molecule has 0 bridgehead atoms. The van der Waals surface area contributed by atoms with Gasteiger partial charge in [0.2, 0.25) is 0 Å². The van der Waals surface area contributed by atoms with Gasteiger partial charge in [-0.25, -0.2) is 0 Å². The molecule has 0 fully saturated rings. The molecular formula is C13H8BrCl3. The van der Waals surface area contributed by atoms with Crippen LogP contribution in [0.15, 0.2) is 46.9 Å². The largest absolute Gasteiger partial charge is 0.113 e. The van der Waals surface area contributed by atoms with E-state index in [0.717, 1.165) is 15.6 Å². The van der Waals surface area contributed by atoms with Crippen molar-refractivity contribution in [1.29, 1.82) is 0 Å². The molecule has 2 aromatic carbocycles. The van der Waals surface area contributed by atoms with Gasteiger partial charge in [0.15, 0.2) is 0 Å². The van der Waals surface area contributed by atoms with Crippen LogP contribution in [-0.2, 0) is 0 Å². The Kier molecular flexibility index (Phi) is 4.37. The summed E-state index contributed by atoms with van der Waals surface area (Å²) >= 11 is 21.6. The molecule has 0 radical (unpaired) electrons. The van der Waals surface area contributed by atoms with E-state index in [2.05, 4.69) is 15.9 Å². The number of hydrogen-bond acceptors (Lipinski definition) is 0. The van der Waals surface area contributed by atoms with Crippen LogP contribution in [0.3, 0.4) is 0 Å². The summed E-state index contributed by atoms with van der Waals surface area (Å²) in [5.41, 5.74) is 1.98. The van der Waals surface area contributed by atoms with E-state index in [-0.39, 0.29) is 5.38 Å². The van der Waals surface area contributed by atoms with Crippen molar-refractivity contribution in [3.63, 3.8) is 0 Å². The molecule has 0 aliphatic heterocycles. The average Bonchev–Trinajstić information content (AvgIpc) is 2.29. The summed E-state index contributed by atoms with van der Waals surface area (Å²) in [4.78, 5) is 0. The molecule has 0 aromatic heterocycles. The Morgan fingerprint density at radius 3 is 2.06 bits per heavy atom. The molecule has 1 unspecified atom stereocenters. The smallest absolute Gasteiger partial charge is 0.0846 e. The Hall–Kier alpha value is -0.210. The lowest BCUT2D eigenvalue weighted by atomic mass is 10.0. The van der Waals surface area contributed by atoms with Gasteiger partial charge in [-0.1, -0.05) is 57.3 Å². The van der Waals surface area contributed by atoms with Gasteiger partial charge in [-0.3, -0.25) is 0 Å². The summed E-state index contributed by atoms with van der Waals surface area (Å²) in [7, 11) is 0. The lowest BCUT2D eigenvalue weighted by Crippen LogP contribution is -1.94. The molecule has 2 aromatic rings. The third-order valence-electron chi connectivity index (χ3n) is 2.40. The molecule has 0 saturated heterocycles. The minimum Gasteiger partial charge on any atom is -0.113 e. The lowest BCUT2D eigenvalue weighted by molar-refractivity contribution is 1.13. The molecule has 0 saturated carbocycles. The zero-order valence-electron chi connectivity index (χ0n) is 8.63. The van der Waals surface area contributed by atoms with E-state index in [9.17, 15) is 0 Å². The van der Waals surface area contributed by atoms with E-state index in [1.807, 2.05) is 42.5 Å². The molecule has 0 heterocycles. The Bertz CT molecular complexity index is 523. The molecule has 17 heavy (non-hydrogen) atoms. The zero-order chi connectivity index (χ0) is 12.4. The highest BCUT2D eigenvalue weighted by atomic mass is 79.9. The van der Waals surface area contributed by atoms with Crippen LogP contribution in [0.4, 0.5) is 0 Å². The van der Waals surface area contributed by atoms with Gasteiger partial charge in [-0.15, -0.1) is 11.6 Å². The molecule has 1 atom stereocenters. The highest BCUT2D eigenvalue weighted by Crippen LogP contribution is 2.35. The van der Waals surface area contributed by atoms with E-state index < -0.39 is 0 Å². The van der Waals surface area contributed by atoms with E-state index in [0.29, 0.717) is 10.0 Å². The van der Waals surface area contributed by atoms with Gasteiger partial charge >= 0.3 is 0 Å². The fourth-order valence-corrected chi connectivity index (χ4v) is 3.02. The molecule has 0 spiro atoms. The minimum atomic E-state index is -0.223. The first-order chi connectivity index (χ1) is 8.08. The first kappa shape index (κ1) is 13.2. The summed E-state index contributed by atoms with van der Waals surface area (Å²) in [5, 5.41) is 1.16. The summed E-state index contributed by atoms with van der Waals surface area (Å²) in [6.07, 6.45) is 0. The van der Waals surface area contributed by atoms with Crippen molar-refractivity contribution in [2.24, 2.45) is 0 Å². The number of rotatable bonds is 2. The Morgan fingerprint density at radius 1 is 0.882 bits per heavy atom. The molecule has 0 aliphatic carbocycles. The van der Waals surface area contributed by atoms with Crippen LogP contribution in [-0.4, -0.2) is 0 Å². The number of benzene rings is 2. The normalized spacial score (nSPS) is 12.5. The van der Waals surface area contributed by atoms with Gasteiger partial charge in [0, 0.05) is 14.5 Å². The number of hydrogen-bond donors (Lipinski definition) is 0. The molecule has 2 rings (SSSR count). The van der Waals surface area contributed by atoms with Crippen molar-refractivity contribution in [1.82, 2.24) is 0 Å². The molecular weight excluding hydrogens is 342 g/mol. The van der Waals surface area contributed by atoms with Gasteiger partial charge in [0.05, 0.1) is 5.38 Å². The average molecular weight is 350 g/mol. The van der Waals surface area contributed by atoms with E-state index in [1.165, 1.54) is 0 Å². The van der Waals surface area contributed by atoms with Gasteiger partial charge in [-0.05, 0) is 35.4 Å². The van der Waals surface area contributed by atoms with Crippen molar-refractivity contribution in [2.45, 2.75) is 5.38 Å². The number of alkyl halides is 1. The van der Waals surface area contributed by atoms with Crippen molar-refractivity contribution in [3.05, 3.63) is 68.1 Å². The Balaban J connectivity index is 2.36. The second kappa shape index (κ2) is 5.62. The van der Waals surface area contributed by atoms with Crippen LogP contribution in [0, 0.1) is 0 Å². The van der Waals surface area contributed by atoms with Crippen LogP contribution in [0.1, 0.15) is 16.5 Å². The molecule has 0 amide bonds. The number of halogens is 4. The highest BCUT2D eigenvalue weighted by molar-refractivity contribution is 9.10. The predicted octanol–water partition coefficient (Wildman–Crippen LogP) is 6.08. The minimum absolute atomic E-state index is 0.223. The van der Waals surface area contributed by atoms with Gasteiger partial charge in [0.25, 0.3) is 0 Å². The van der Waals surface area contributed by atoms with Crippen molar-refractivity contribution in [3.8, 4) is 0 Å². The van der Waals surface area contributed by atoms with Crippen LogP contribution in [0.25, 0.3) is 0 Å². The standard InChI is InChI=1S/C13H8BrCl3/c14-12-7-10(16)5-6-11(12)13(17)8-1-3-9(15)4-2-8/h1-7,13H. The second-order valence-electron chi connectivity index (χ2n) is 3.58. The second-order valence-corrected chi connectivity index (χ2v) is 5.74. The van der Waals surface area contributed by atoms with E-state index in [4.69, 9.17) is 34.8 Å². The maximum atomic E-state index is 6.43. The molecule has 0 aliphatic rings. The molecule has 0 N–H and O–H groups in total. The van der Waals surface area contributed by atoms with Gasteiger partial charge in [0.1, 0.15) is 0 Å². The highest BCUT2D eigenvalue weighted by Gasteiger charge is 2.13.